The number of aliphatic hydroxyl groups excluding tert-OH is 1. The van der Waals surface area contributed by atoms with Gasteiger partial charge in [0.25, 0.3) is 11.7 Å². The topological polar surface area (TPSA) is 76.1 Å². The number of likely N-dealkylation sites (tertiary alicyclic amines) is 1. The number of ether oxygens (including phenoxy) is 2. The normalized spacial score (nSPS) is 17.3. The van der Waals surface area contributed by atoms with E-state index in [1.165, 1.54) is 4.90 Å². The number of aliphatic hydroxyl groups is 1. The van der Waals surface area contributed by atoms with Gasteiger partial charge < -0.3 is 19.5 Å². The summed E-state index contributed by atoms with van der Waals surface area (Å²) in [6.45, 7) is 0.185. The molecule has 33 heavy (non-hydrogen) atoms. The number of halogens is 1. The quantitative estimate of drug-likeness (QED) is 0.285. The first-order valence-corrected chi connectivity index (χ1v) is 11.0. The minimum absolute atomic E-state index is 0.0474. The predicted octanol–water partition coefficient (Wildman–Crippen LogP) is 5.09. The lowest BCUT2D eigenvalue weighted by Crippen LogP contribution is -2.29. The maximum Gasteiger partial charge on any atom is 0.295 e. The molecule has 0 spiro atoms. The van der Waals surface area contributed by atoms with Crippen LogP contribution in [0.5, 0.6) is 11.5 Å². The van der Waals surface area contributed by atoms with Crippen molar-refractivity contribution in [1.29, 1.82) is 0 Å². The summed E-state index contributed by atoms with van der Waals surface area (Å²) in [6.07, 6.45) is 0. The molecular weight excluding hydrogens is 486 g/mol. The van der Waals surface area contributed by atoms with E-state index in [-0.39, 0.29) is 17.9 Å². The van der Waals surface area contributed by atoms with E-state index in [2.05, 4.69) is 15.9 Å². The molecule has 1 unspecified atom stereocenters. The number of carbonyl (C=O) groups is 2. The molecule has 6 nitrogen and oxygen atoms in total. The highest BCUT2D eigenvalue weighted by atomic mass is 79.9. The van der Waals surface area contributed by atoms with Crippen molar-refractivity contribution in [2.24, 2.45) is 0 Å². The zero-order valence-electron chi connectivity index (χ0n) is 18.1. The van der Waals surface area contributed by atoms with Gasteiger partial charge in [0.05, 0.1) is 30.3 Å². The average Bonchev–Trinajstić information content (AvgIpc) is 3.09. The SMILES string of the molecule is COc1cccc(CN2C(=O)C(=O)/C(=C(\O)c3ccc(OC)c(Br)c3)C2c2ccccc2)c1. The highest BCUT2D eigenvalue weighted by Crippen LogP contribution is 2.41. The van der Waals surface area contributed by atoms with E-state index in [0.717, 1.165) is 11.1 Å². The maximum atomic E-state index is 13.2. The van der Waals surface area contributed by atoms with Crippen molar-refractivity contribution < 1.29 is 24.2 Å². The molecule has 168 valence electrons. The Morgan fingerprint density at radius 3 is 2.39 bits per heavy atom. The molecule has 3 aromatic rings. The van der Waals surface area contributed by atoms with Crippen molar-refractivity contribution >= 4 is 33.4 Å². The summed E-state index contributed by atoms with van der Waals surface area (Å²) in [5.41, 5.74) is 1.99. The summed E-state index contributed by atoms with van der Waals surface area (Å²) in [5.74, 6) is -0.385. The number of ketones is 1. The van der Waals surface area contributed by atoms with E-state index in [9.17, 15) is 14.7 Å². The Bertz CT molecular complexity index is 1240. The molecule has 3 aromatic carbocycles. The van der Waals surface area contributed by atoms with Crippen LogP contribution >= 0.6 is 15.9 Å². The summed E-state index contributed by atoms with van der Waals surface area (Å²) in [5, 5.41) is 11.2. The minimum atomic E-state index is -0.738. The Morgan fingerprint density at radius 1 is 0.970 bits per heavy atom. The first kappa shape index (κ1) is 22.6. The van der Waals surface area contributed by atoms with Gasteiger partial charge in [0, 0.05) is 12.1 Å². The third kappa shape index (κ3) is 4.36. The van der Waals surface area contributed by atoms with Gasteiger partial charge in [0.1, 0.15) is 17.3 Å². The van der Waals surface area contributed by atoms with E-state index < -0.39 is 17.7 Å². The van der Waals surface area contributed by atoms with Crippen LogP contribution in [0, 0.1) is 0 Å². The molecule has 0 bridgehead atoms. The lowest BCUT2D eigenvalue weighted by atomic mass is 9.95. The van der Waals surface area contributed by atoms with E-state index in [0.29, 0.717) is 21.5 Å². The van der Waals surface area contributed by atoms with Crippen molar-refractivity contribution in [2.75, 3.05) is 14.2 Å². The zero-order chi connectivity index (χ0) is 23.5. The molecular formula is C26H22BrNO5. The zero-order valence-corrected chi connectivity index (χ0v) is 19.7. The van der Waals surface area contributed by atoms with Crippen LogP contribution in [0.1, 0.15) is 22.7 Å². The molecule has 7 heteroatoms. The number of methoxy groups -OCH3 is 2. The summed E-state index contributed by atoms with van der Waals surface area (Å²) in [4.78, 5) is 27.8. The van der Waals surface area contributed by atoms with Crippen LogP contribution in [0.3, 0.4) is 0 Å². The van der Waals surface area contributed by atoms with Gasteiger partial charge in [-0.15, -0.1) is 0 Å². The van der Waals surface area contributed by atoms with Gasteiger partial charge in [-0.05, 0) is 57.4 Å². The third-order valence-corrected chi connectivity index (χ3v) is 6.19. The van der Waals surface area contributed by atoms with Gasteiger partial charge in [-0.2, -0.15) is 0 Å². The lowest BCUT2D eigenvalue weighted by Gasteiger charge is -2.25. The number of benzene rings is 3. The standard InChI is InChI=1S/C26H22BrNO5/c1-32-19-10-6-7-16(13-19)15-28-23(17-8-4-3-5-9-17)22(25(30)26(28)31)24(29)18-11-12-21(33-2)20(27)14-18/h3-14,23,29H,15H2,1-2H3/b24-22-. The number of hydrogen-bond acceptors (Lipinski definition) is 5. The summed E-state index contributed by atoms with van der Waals surface area (Å²) in [6, 6.07) is 20.8. The molecule has 4 rings (SSSR count). The Morgan fingerprint density at radius 2 is 1.73 bits per heavy atom. The van der Waals surface area contributed by atoms with Crippen molar-refractivity contribution in [1.82, 2.24) is 4.90 Å². The molecule has 1 aliphatic heterocycles. The van der Waals surface area contributed by atoms with Crippen molar-refractivity contribution in [3.8, 4) is 11.5 Å². The van der Waals surface area contributed by atoms with Crippen LogP contribution in [0.4, 0.5) is 0 Å². The fraction of sp³-hybridized carbons (Fsp3) is 0.154. The van der Waals surface area contributed by atoms with Crippen LogP contribution in [0.15, 0.2) is 82.8 Å². The minimum Gasteiger partial charge on any atom is -0.507 e. The fourth-order valence-corrected chi connectivity index (χ4v) is 4.50. The van der Waals surface area contributed by atoms with Crippen molar-refractivity contribution in [3.63, 3.8) is 0 Å². The maximum absolute atomic E-state index is 13.2. The number of amides is 1. The first-order chi connectivity index (χ1) is 15.9. The molecule has 0 aliphatic carbocycles. The Kier molecular flexibility index (Phi) is 6.51. The largest absolute Gasteiger partial charge is 0.507 e. The highest BCUT2D eigenvalue weighted by molar-refractivity contribution is 9.10. The fourth-order valence-electron chi connectivity index (χ4n) is 3.96. The van der Waals surface area contributed by atoms with E-state index in [1.807, 2.05) is 54.6 Å². The van der Waals surface area contributed by atoms with Gasteiger partial charge in [-0.25, -0.2) is 0 Å². The van der Waals surface area contributed by atoms with Crippen LogP contribution in [0.2, 0.25) is 0 Å². The molecule has 0 radical (unpaired) electrons. The second-order valence-electron chi connectivity index (χ2n) is 7.54. The van der Waals surface area contributed by atoms with E-state index >= 15 is 0 Å². The number of nitrogens with zero attached hydrogens (tertiary/aromatic N) is 1. The second-order valence-corrected chi connectivity index (χ2v) is 8.39. The smallest absolute Gasteiger partial charge is 0.295 e. The molecule has 0 aromatic heterocycles. The van der Waals surface area contributed by atoms with Gasteiger partial charge in [-0.1, -0.05) is 42.5 Å². The average molecular weight is 508 g/mol. The molecule has 1 aliphatic rings. The van der Waals surface area contributed by atoms with Crippen LogP contribution in [0.25, 0.3) is 5.76 Å². The number of hydrogen-bond donors (Lipinski definition) is 1. The summed E-state index contributed by atoms with van der Waals surface area (Å²) < 4.78 is 11.2. The van der Waals surface area contributed by atoms with Gasteiger partial charge in [0.2, 0.25) is 0 Å². The Hall–Kier alpha value is -3.58. The molecule has 1 fully saturated rings. The molecule has 1 N–H and O–H groups in total. The van der Waals surface area contributed by atoms with Crippen LogP contribution in [-0.4, -0.2) is 35.9 Å². The number of carbonyl (C=O) groups excluding carboxylic acids is 2. The first-order valence-electron chi connectivity index (χ1n) is 10.2. The third-order valence-electron chi connectivity index (χ3n) is 5.57. The van der Waals surface area contributed by atoms with Gasteiger partial charge in [0.15, 0.2) is 0 Å². The predicted molar refractivity (Wildman–Crippen MR) is 128 cm³/mol. The lowest BCUT2D eigenvalue weighted by molar-refractivity contribution is -0.140. The Balaban J connectivity index is 1.83. The van der Waals surface area contributed by atoms with E-state index in [1.54, 1.807) is 32.4 Å². The van der Waals surface area contributed by atoms with Crippen molar-refractivity contribution in [3.05, 3.63) is 99.5 Å². The van der Waals surface area contributed by atoms with Crippen LogP contribution in [-0.2, 0) is 16.1 Å². The van der Waals surface area contributed by atoms with Crippen molar-refractivity contribution in [2.45, 2.75) is 12.6 Å². The molecule has 1 saturated heterocycles. The summed E-state index contributed by atoms with van der Waals surface area (Å²) in [7, 11) is 3.11. The molecule has 0 saturated carbocycles. The highest BCUT2D eigenvalue weighted by Gasteiger charge is 2.46. The van der Waals surface area contributed by atoms with Gasteiger partial charge >= 0.3 is 0 Å². The molecule has 1 heterocycles. The number of rotatable bonds is 6. The van der Waals surface area contributed by atoms with Gasteiger partial charge in [-0.3, -0.25) is 9.59 Å². The Labute approximate surface area is 200 Å². The number of Topliss-reactive ketones (excluding diaryl/α,β-unsaturated/α-hetero) is 1. The summed E-state index contributed by atoms with van der Waals surface area (Å²) >= 11 is 3.41. The van der Waals surface area contributed by atoms with E-state index in [4.69, 9.17) is 9.47 Å². The van der Waals surface area contributed by atoms with Crippen LogP contribution < -0.4 is 9.47 Å². The second kappa shape index (κ2) is 9.50. The molecule has 1 atom stereocenters. The molecule has 1 amide bonds. The monoisotopic (exact) mass is 507 g/mol.